The second kappa shape index (κ2) is 14.2. The van der Waals surface area contributed by atoms with Crippen molar-refractivity contribution in [3.63, 3.8) is 0 Å². The lowest BCUT2D eigenvalue weighted by molar-refractivity contribution is 0.159. The maximum absolute atomic E-state index is 4.74. The first-order valence-corrected chi connectivity index (χ1v) is 10.6. The standard InChI is InChI=1S/C22H39N5.HI/c1-5-23-22(24-14-8-16-27-15-7-6-9-19(27)2)25-17-20-10-12-21(13-11-20)18-26(3)4;/h10-13,19H,5-9,14-18H2,1-4H3,(H2,23,24,25);1H. The summed E-state index contributed by atoms with van der Waals surface area (Å²) < 4.78 is 0. The minimum Gasteiger partial charge on any atom is -0.357 e. The van der Waals surface area contributed by atoms with Gasteiger partial charge in [-0.15, -0.1) is 24.0 Å². The molecule has 0 aromatic heterocycles. The number of rotatable bonds is 9. The number of aliphatic imine (C=N–C) groups is 1. The first kappa shape index (κ1) is 25.2. The van der Waals surface area contributed by atoms with E-state index >= 15 is 0 Å². The molecule has 1 atom stereocenters. The normalized spacial score (nSPS) is 18.0. The first-order chi connectivity index (χ1) is 13.1. The molecule has 1 aliphatic rings. The number of nitrogens with one attached hydrogen (secondary N) is 2. The Labute approximate surface area is 189 Å². The van der Waals surface area contributed by atoms with E-state index in [0.717, 1.165) is 38.1 Å². The molecule has 1 heterocycles. The predicted octanol–water partition coefficient (Wildman–Crippen LogP) is 3.69. The van der Waals surface area contributed by atoms with Gasteiger partial charge in [0.05, 0.1) is 6.54 Å². The Bertz CT molecular complexity index is 559. The lowest BCUT2D eigenvalue weighted by Crippen LogP contribution is -2.41. The third kappa shape index (κ3) is 9.56. The van der Waals surface area contributed by atoms with Crippen LogP contribution in [0.3, 0.4) is 0 Å². The maximum atomic E-state index is 4.74. The monoisotopic (exact) mass is 501 g/mol. The summed E-state index contributed by atoms with van der Waals surface area (Å²) in [6.45, 7) is 10.5. The molecule has 1 aromatic rings. The van der Waals surface area contributed by atoms with Crippen molar-refractivity contribution < 1.29 is 0 Å². The van der Waals surface area contributed by atoms with Crippen LogP contribution in [0, 0.1) is 0 Å². The van der Waals surface area contributed by atoms with Crippen LogP contribution in [0.1, 0.15) is 50.7 Å². The van der Waals surface area contributed by atoms with Gasteiger partial charge in [0.1, 0.15) is 0 Å². The van der Waals surface area contributed by atoms with Crippen molar-refractivity contribution in [2.45, 2.75) is 58.7 Å². The molecule has 1 fully saturated rings. The Morgan fingerprint density at radius 3 is 2.50 bits per heavy atom. The largest absolute Gasteiger partial charge is 0.357 e. The van der Waals surface area contributed by atoms with Crippen LogP contribution in [-0.2, 0) is 13.1 Å². The topological polar surface area (TPSA) is 42.9 Å². The van der Waals surface area contributed by atoms with Crippen LogP contribution in [0.15, 0.2) is 29.3 Å². The molecule has 0 aliphatic carbocycles. The third-order valence-electron chi connectivity index (χ3n) is 5.14. The number of benzene rings is 1. The molecule has 2 N–H and O–H groups in total. The summed E-state index contributed by atoms with van der Waals surface area (Å²) in [6, 6.07) is 9.51. The van der Waals surface area contributed by atoms with Crippen LogP contribution in [0.2, 0.25) is 0 Å². The van der Waals surface area contributed by atoms with Gasteiger partial charge in [0, 0.05) is 32.2 Å². The molecule has 1 aliphatic heterocycles. The summed E-state index contributed by atoms with van der Waals surface area (Å²) in [4.78, 5) is 9.56. The van der Waals surface area contributed by atoms with Gasteiger partial charge in [0.15, 0.2) is 5.96 Å². The quantitative estimate of drug-likeness (QED) is 0.235. The lowest BCUT2D eigenvalue weighted by Gasteiger charge is -2.33. The summed E-state index contributed by atoms with van der Waals surface area (Å²) >= 11 is 0. The average molecular weight is 502 g/mol. The summed E-state index contributed by atoms with van der Waals surface area (Å²) in [6.07, 6.45) is 5.26. The molecule has 5 nitrogen and oxygen atoms in total. The van der Waals surface area contributed by atoms with Crippen molar-refractivity contribution in [3.05, 3.63) is 35.4 Å². The molecule has 160 valence electrons. The number of hydrogen-bond donors (Lipinski definition) is 2. The number of piperidine rings is 1. The van der Waals surface area contributed by atoms with Crippen molar-refractivity contribution in [1.82, 2.24) is 20.4 Å². The van der Waals surface area contributed by atoms with Gasteiger partial charge < -0.3 is 20.4 Å². The highest BCUT2D eigenvalue weighted by atomic mass is 127. The second-order valence-electron chi connectivity index (χ2n) is 7.91. The Hall–Kier alpha value is -0.860. The summed E-state index contributed by atoms with van der Waals surface area (Å²) in [5.74, 6) is 0.918. The molecule has 0 radical (unpaired) electrons. The van der Waals surface area contributed by atoms with Crippen LogP contribution in [0.4, 0.5) is 0 Å². The highest BCUT2D eigenvalue weighted by Crippen LogP contribution is 2.16. The second-order valence-corrected chi connectivity index (χ2v) is 7.91. The van der Waals surface area contributed by atoms with Gasteiger partial charge in [0.2, 0.25) is 0 Å². The molecule has 1 unspecified atom stereocenters. The highest BCUT2D eigenvalue weighted by molar-refractivity contribution is 14.0. The van der Waals surface area contributed by atoms with E-state index < -0.39 is 0 Å². The summed E-state index contributed by atoms with van der Waals surface area (Å²) in [5, 5.41) is 6.84. The average Bonchev–Trinajstić information content (AvgIpc) is 2.65. The van der Waals surface area contributed by atoms with Crippen molar-refractivity contribution in [1.29, 1.82) is 0 Å². The van der Waals surface area contributed by atoms with E-state index in [4.69, 9.17) is 4.99 Å². The van der Waals surface area contributed by atoms with Crippen molar-refractivity contribution in [3.8, 4) is 0 Å². The zero-order chi connectivity index (χ0) is 19.5. The molecule has 0 spiro atoms. The van der Waals surface area contributed by atoms with Crippen LogP contribution in [0.25, 0.3) is 0 Å². The number of guanidine groups is 1. The molecule has 1 saturated heterocycles. The van der Waals surface area contributed by atoms with Crippen LogP contribution in [0.5, 0.6) is 0 Å². The summed E-state index contributed by atoms with van der Waals surface area (Å²) in [7, 11) is 4.19. The van der Waals surface area contributed by atoms with Gasteiger partial charge in [-0.25, -0.2) is 4.99 Å². The number of nitrogens with zero attached hydrogens (tertiary/aromatic N) is 3. The van der Waals surface area contributed by atoms with Crippen LogP contribution in [-0.4, -0.2) is 62.1 Å². The Morgan fingerprint density at radius 2 is 1.86 bits per heavy atom. The van der Waals surface area contributed by atoms with E-state index in [0.29, 0.717) is 6.54 Å². The molecule has 2 rings (SSSR count). The van der Waals surface area contributed by atoms with Crippen molar-refractivity contribution in [2.75, 3.05) is 40.3 Å². The highest BCUT2D eigenvalue weighted by Gasteiger charge is 2.17. The molecule has 28 heavy (non-hydrogen) atoms. The predicted molar refractivity (Wildman–Crippen MR) is 132 cm³/mol. The van der Waals surface area contributed by atoms with Crippen LogP contribution < -0.4 is 10.6 Å². The van der Waals surface area contributed by atoms with E-state index in [2.05, 4.69) is 72.6 Å². The molecule has 0 bridgehead atoms. The summed E-state index contributed by atoms with van der Waals surface area (Å²) in [5.41, 5.74) is 2.58. The minimum atomic E-state index is 0. The van der Waals surface area contributed by atoms with E-state index in [1.807, 2.05) is 0 Å². The molecule has 0 saturated carbocycles. The fourth-order valence-corrected chi connectivity index (χ4v) is 3.61. The fraction of sp³-hybridized carbons (Fsp3) is 0.682. The van der Waals surface area contributed by atoms with Gasteiger partial charge >= 0.3 is 0 Å². The number of likely N-dealkylation sites (tertiary alicyclic amines) is 1. The Kier molecular flexibility index (Phi) is 12.7. The van der Waals surface area contributed by atoms with E-state index in [-0.39, 0.29) is 24.0 Å². The molecular weight excluding hydrogens is 461 g/mol. The maximum Gasteiger partial charge on any atom is 0.191 e. The van der Waals surface area contributed by atoms with Gasteiger partial charge in [-0.1, -0.05) is 30.7 Å². The van der Waals surface area contributed by atoms with Crippen molar-refractivity contribution in [2.24, 2.45) is 4.99 Å². The molecule has 0 amide bonds. The zero-order valence-electron chi connectivity index (χ0n) is 18.2. The van der Waals surface area contributed by atoms with E-state index in [9.17, 15) is 0 Å². The van der Waals surface area contributed by atoms with Crippen LogP contribution >= 0.6 is 24.0 Å². The van der Waals surface area contributed by atoms with E-state index in [1.165, 1.54) is 43.5 Å². The Balaban J connectivity index is 0.00000392. The van der Waals surface area contributed by atoms with Gasteiger partial charge in [-0.3, -0.25) is 0 Å². The van der Waals surface area contributed by atoms with Gasteiger partial charge in [0.25, 0.3) is 0 Å². The third-order valence-corrected chi connectivity index (χ3v) is 5.14. The van der Waals surface area contributed by atoms with Crippen molar-refractivity contribution >= 4 is 29.9 Å². The first-order valence-electron chi connectivity index (χ1n) is 10.6. The van der Waals surface area contributed by atoms with Gasteiger partial charge in [-0.05, 0) is 64.9 Å². The zero-order valence-corrected chi connectivity index (χ0v) is 20.5. The number of hydrogen-bond acceptors (Lipinski definition) is 3. The fourth-order valence-electron chi connectivity index (χ4n) is 3.61. The smallest absolute Gasteiger partial charge is 0.191 e. The number of halogens is 1. The van der Waals surface area contributed by atoms with Gasteiger partial charge in [-0.2, -0.15) is 0 Å². The molecule has 6 heteroatoms. The van der Waals surface area contributed by atoms with E-state index in [1.54, 1.807) is 0 Å². The lowest BCUT2D eigenvalue weighted by atomic mass is 10.0. The Morgan fingerprint density at radius 1 is 1.14 bits per heavy atom. The molecular formula is C22H40IN5. The SMILES string of the molecule is CCNC(=NCc1ccc(CN(C)C)cc1)NCCCN1CCCCC1C.I. The minimum absolute atomic E-state index is 0. The molecule has 1 aromatic carbocycles.